The second-order valence-electron chi connectivity index (χ2n) is 7.66. The highest BCUT2D eigenvalue weighted by Gasteiger charge is 2.22. The zero-order valence-electron chi connectivity index (χ0n) is 20.8. The minimum Gasteiger partial charge on any atom is -0.380 e. The summed E-state index contributed by atoms with van der Waals surface area (Å²) in [6.07, 6.45) is 1.40. The average Bonchev–Trinajstić information content (AvgIpc) is 2.73. The Balaban J connectivity index is -0.00000102. The summed E-state index contributed by atoms with van der Waals surface area (Å²) in [4.78, 5) is 36.5. The van der Waals surface area contributed by atoms with Crippen molar-refractivity contribution in [1.82, 2.24) is 10.6 Å². The van der Waals surface area contributed by atoms with E-state index < -0.39 is 5.25 Å². The Morgan fingerprint density at radius 3 is 2.13 bits per heavy atom. The van der Waals surface area contributed by atoms with Gasteiger partial charge in [0.05, 0.1) is 18.5 Å². The molecule has 2 N–H and O–H groups in total. The van der Waals surface area contributed by atoms with Crippen LogP contribution < -0.4 is 10.6 Å². The van der Waals surface area contributed by atoms with E-state index in [0.29, 0.717) is 57.6 Å². The SMILES string of the molecule is CC.CCCOCCNC(=O)C(CC(=O)NCCOCC(C)C)SCCC(=O)C(C)C.[HH].[HH]. The fraction of sp³-hybridized carbons (Fsp3) is 0.870. The zero-order valence-corrected chi connectivity index (χ0v) is 21.6. The molecule has 2 amide bonds. The van der Waals surface area contributed by atoms with Crippen molar-refractivity contribution in [2.75, 3.05) is 45.3 Å². The Hall–Kier alpha value is -1.12. The van der Waals surface area contributed by atoms with E-state index in [2.05, 4.69) is 24.5 Å². The van der Waals surface area contributed by atoms with Crippen LogP contribution in [0.3, 0.4) is 0 Å². The summed E-state index contributed by atoms with van der Waals surface area (Å²) < 4.78 is 10.8. The monoisotopic (exact) mass is 466 g/mol. The van der Waals surface area contributed by atoms with Crippen LogP contribution in [0.4, 0.5) is 0 Å². The van der Waals surface area contributed by atoms with E-state index in [0.717, 1.165) is 6.42 Å². The standard InChI is InChI=1S/C21H40N2O5S.C2H6.2H2/c1-6-10-27-11-9-23-21(26)19(29-13-7-18(24)17(4)5)14-20(25)22-8-12-28-15-16(2)3;1-2;;/h16-17,19H,6-15H2,1-5H3,(H,22,25)(H,23,26);1-2H3;2*1H. The summed E-state index contributed by atoms with van der Waals surface area (Å²) >= 11 is 1.35. The third-order valence-electron chi connectivity index (χ3n) is 3.89. The van der Waals surface area contributed by atoms with Gasteiger partial charge in [-0.25, -0.2) is 0 Å². The summed E-state index contributed by atoms with van der Waals surface area (Å²) in [6, 6.07) is 0. The van der Waals surface area contributed by atoms with Gasteiger partial charge in [0.1, 0.15) is 5.78 Å². The third kappa shape index (κ3) is 20.5. The number of Topliss-reactive ketones (excluding diaryl/α,β-unsaturated/α-hetero) is 1. The number of carbonyl (C=O) groups is 3. The molecule has 0 aromatic rings. The Kier molecular flexibility index (Phi) is 22.8. The summed E-state index contributed by atoms with van der Waals surface area (Å²) in [7, 11) is 0. The van der Waals surface area contributed by atoms with Crippen LogP contribution in [0.2, 0.25) is 0 Å². The van der Waals surface area contributed by atoms with Crippen molar-refractivity contribution in [2.45, 2.75) is 73.0 Å². The van der Waals surface area contributed by atoms with E-state index in [1.807, 2.05) is 34.6 Å². The van der Waals surface area contributed by atoms with Crippen molar-refractivity contribution in [3.05, 3.63) is 0 Å². The van der Waals surface area contributed by atoms with Crippen molar-refractivity contribution < 1.29 is 26.7 Å². The molecule has 8 heteroatoms. The van der Waals surface area contributed by atoms with Crippen LogP contribution in [0.25, 0.3) is 0 Å². The molecule has 0 spiro atoms. The molecule has 0 aromatic heterocycles. The molecule has 0 saturated carbocycles. The molecular weight excluding hydrogens is 416 g/mol. The quantitative estimate of drug-likeness (QED) is 0.297. The van der Waals surface area contributed by atoms with Crippen molar-refractivity contribution in [3.8, 4) is 0 Å². The van der Waals surface area contributed by atoms with E-state index >= 15 is 0 Å². The van der Waals surface area contributed by atoms with Gasteiger partial charge in [0.25, 0.3) is 0 Å². The molecule has 0 rings (SSSR count). The minimum atomic E-state index is -0.530. The van der Waals surface area contributed by atoms with Gasteiger partial charge < -0.3 is 20.1 Å². The Bertz CT molecular complexity index is 484. The second kappa shape index (κ2) is 22.1. The van der Waals surface area contributed by atoms with E-state index in [9.17, 15) is 14.4 Å². The Labute approximate surface area is 197 Å². The van der Waals surface area contributed by atoms with Crippen LogP contribution in [0.1, 0.15) is 70.6 Å². The molecule has 0 aliphatic carbocycles. The maximum atomic E-state index is 12.5. The number of rotatable bonds is 18. The number of thioether (sulfide) groups is 1. The van der Waals surface area contributed by atoms with Gasteiger partial charge in [0.15, 0.2) is 0 Å². The third-order valence-corrected chi connectivity index (χ3v) is 5.11. The van der Waals surface area contributed by atoms with Crippen LogP contribution in [0.5, 0.6) is 0 Å². The van der Waals surface area contributed by atoms with Gasteiger partial charge in [-0.05, 0) is 12.3 Å². The van der Waals surface area contributed by atoms with Crippen LogP contribution in [-0.2, 0) is 23.9 Å². The lowest BCUT2D eigenvalue weighted by Crippen LogP contribution is -2.39. The molecule has 0 fully saturated rings. The Morgan fingerprint density at radius 1 is 0.935 bits per heavy atom. The number of hydrogen-bond donors (Lipinski definition) is 2. The highest BCUT2D eigenvalue weighted by Crippen LogP contribution is 2.17. The van der Waals surface area contributed by atoms with Gasteiger partial charge in [-0.1, -0.05) is 48.5 Å². The number of nitrogens with one attached hydrogen (secondary N) is 2. The lowest BCUT2D eigenvalue weighted by atomic mass is 10.1. The van der Waals surface area contributed by atoms with Crippen molar-refractivity contribution in [2.24, 2.45) is 11.8 Å². The zero-order chi connectivity index (χ0) is 24.1. The molecule has 188 valence electrons. The first-order valence-electron chi connectivity index (χ1n) is 11.6. The maximum absolute atomic E-state index is 12.5. The van der Waals surface area contributed by atoms with Gasteiger partial charge in [-0.2, -0.15) is 0 Å². The minimum absolute atomic E-state index is 0. The van der Waals surface area contributed by atoms with E-state index in [-0.39, 0.29) is 32.8 Å². The first-order valence-corrected chi connectivity index (χ1v) is 12.7. The molecule has 0 heterocycles. The second-order valence-corrected chi connectivity index (χ2v) is 8.97. The van der Waals surface area contributed by atoms with Gasteiger partial charge in [0, 0.05) is 53.7 Å². The summed E-state index contributed by atoms with van der Waals surface area (Å²) in [5.41, 5.74) is 0. The van der Waals surface area contributed by atoms with Crippen molar-refractivity contribution in [1.29, 1.82) is 0 Å². The summed E-state index contributed by atoms with van der Waals surface area (Å²) in [5.74, 6) is 0.724. The average molecular weight is 467 g/mol. The molecule has 0 aliphatic heterocycles. The summed E-state index contributed by atoms with van der Waals surface area (Å²) in [5, 5.41) is 5.09. The lowest BCUT2D eigenvalue weighted by Gasteiger charge is -2.17. The predicted octanol–water partition coefficient (Wildman–Crippen LogP) is 3.94. The topological polar surface area (TPSA) is 93.7 Å². The summed E-state index contributed by atoms with van der Waals surface area (Å²) in [6.45, 7) is 16.9. The number of ketones is 1. The van der Waals surface area contributed by atoms with Gasteiger partial charge in [0.2, 0.25) is 11.8 Å². The van der Waals surface area contributed by atoms with Gasteiger partial charge in [-0.3, -0.25) is 14.4 Å². The first kappa shape index (κ1) is 32.1. The van der Waals surface area contributed by atoms with Crippen molar-refractivity contribution >= 4 is 29.4 Å². The van der Waals surface area contributed by atoms with Crippen LogP contribution in [0.15, 0.2) is 0 Å². The normalized spacial score (nSPS) is 11.6. The van der Waals surface area contributed by atoms with E-state index in [1.165, 1.54) is 11.8 Å². The first-order chi connectivity index (χ1) is 14.8. The number of amides is 2. The molecule has 7 nitrogen and oxygen atoms in total. The Morgan fingerprint density at radius 2 is 1.55 bits per heavy atom. The predicted molar refractivity (Wildman–Crippen MR) is 134 cm³/mol. The molecule has 31 heavy (non-hydrogen) atoms. The van der Waals surface area contributed by atoms with E-state index in [1.54, 1.807) is 0 Å². The maximum Gasteiger partial charge on any atom is 0.233 e. The lowest BCUT2D eigenvalue weighted by molar-refractivity contribution is -0.126. The number of carbonyl (C=O) groups excluding carboxylic acids is 3. The molecular formula is C23H50N2O5S. The van der Waals surface area contributed by atoms with Crippen molar-refractivity contribution in [3.63, 3.8) is 0 Å². The highest BCUT2D eigenvalue weighted by molar-refractivity contribution is 8.00. The molecule has 1 atom stereocenters. The van der Waals surface area contributed by atoms with E-state index in [4.69, 9.17) is 9.47 Å². The number of ether oxygens (including phenoxy) is 2. The largest absolute Gasteiger partial charge is 0.380 e. The smallest absolute Gasteiger partial charge is 0.233 e. The molecule has 0 aromatic carbocycles. The van der Waals surface area contributed by atoms with Gasteiger partial charge >= 0.3 is 0 Å². The van der Waals surface area contributed by atoms with Crippen LogP contribution in [-0.4, -0.2) is 68.1 Å². The fourth-order valence-electron chi connectivity index (χ4n) is 2.25. The molecule has 1 unspecified atom stereocenters. The molecule has 0 radical (unpaired) electrons. The number of hydrogen-bond acceptors (Lipinski definition) is 6. The van der Waals surface area contributed by atoms with Gasteiger partial charge in [-0.15, -0.1) is 11.8 Å². The molecule has 0 saturated heterocycles. The fourth-order valence-corrected chi connectivity index (χ4v) is 3.35. The highest BCUT2D eigenvalue weighted by atomic mass is 32.2. The molecule has 0 bridgehead atoms. The van der Waals surface area contributed by atoms with Crippen LogP contribution in [0, 0.1) is 11.8 Å². The molecule has 0 aliphatic rings. The van der Waals surface area contributed by atoms with Crippen LogP contribution >= 0.6 is 11.8 Å².